The highest BCUT2D eigenvalue weighted by Gasteiger charge is 2.73. The van der Waals surface area contributed by atoms with E-state index in [2.05, 4.69) is 20.4 Å². The molecule has 3 aliphatic carbocycles. The van der Waals surface area contributed by atoms with E-state index in [-0.39, 0.29) is 16.9 Å². The molecule has 10 nitrogen and oxygen atoms in total. The van der Waals surface area contributed by atoms with E-state index in [0.29, 0.717) is 35.8 Å². The molecule has 3 fully saturated rings. The van der Waals surface area contributed by atoms with Crippen molar-refractivity contribution in [2.24, 2.45) is 11.1 Å². The largest absolute Gasteiger partial charge is 0.475 e. The molecule has 0 radical (unpaired) electrons. The Morgan fingerprint density at radius 3 is 2.90 bits per heavy atom. The van der Waals surface area contributed by atoms with Crippen LogP contribution in [-0.2, 0) is 16.9 Å². The standard InChI is InChI=1S/C18H19ClN8O2/c1-9-11-14(25-27(9)18-6-17(7-18,8-18)15(20)28)29-4-2-3-26-13-10(12(19)24-26)5-21-16(22-11)23-13/h5H,2-4,6-8H2,1H3,(H2,20,28)(H,21,22,23). The van der Waals surface area contributed by atoms with Crippen molar-refractivity contribution in [3.8, 4) is 5.88 Å². The third kappa shape index (κ3) is 2.14. The predicted octanol–water partition coefficient (Wildman–Crippen LogP) is 1.88. The Morgan fingerprint density at radius 1 is 1.34 bits per heavy atom. The van der Waals surface area contributed by atoms with Crippen LogP contribution in [0.25, 0.3) is 11.0 Å². The van der Waals surface area contributed by atoms with Gasteiger partial charge in [-0.15, -0.1) is 5.10 Å². The molecule has 0 unspecified atom stereocenters. The second kappa shape index (κ2) is 5.38. The van der Waals surface area contributed by atoms with E-state index in [4.69, 9.17) is 27.2 Å². The smallest absolute Gasteiger partial charge is 0.257 e. The first-order valence-electron chi connectivity index (χ1n) is 9.60. The number of halogens is 1. The maximum atomic E-state index is 11.7. The van der Waals surface area contributed by atoms with Crippen LogP contribution in [0.1, 0.15) is 31.4 Å². The van der Waals surface area contributed by atoms with Gasteiger partial charge < -0.3 is 15.8 Å². The second-order valence-electron chi connectivity index (χ2n) is 8.35. The molecule has 0 aromatic carbocycles. The molecule has 4 bridgehead atoms. The SMILES string of the molecule is Cc1c2c(nn1C13CC(C(N)=O)(C1)C3)OCCCn1nc(Cl)c3cnc(nc31)N2. The fourth-order valence-corrected chi connectivity index (χ4v) is 5.26. The number of primary amides is 1. The minimum Gasteiger partial charge on any atom is -0.475 e. The molecule has 1 aliphatic heterocycles. The van der Waals surface area contributed by atoms with Gasteiger partial charge in [-0.1, -0.05) is 11.6 Å². The maximum Gasteiger partial charge on any atom is 0.257 e. The highest BCUT2D eigenvalue weighted by molar-refractivity contribution is 6.34. The summed E-state index contributed by atoms with van der Waals surface area (Å²) in [6.45, 7) is 3.09. The molecule has 29 heavy (non-hydrogen) atoms. The summed E-state index contributed by atoms with van der Waals surface area (Å²) in [6.07, 6.45) is 4.60. The van der Waals surface area contributed by atoms with Crippen LogP contribution in [0.15, 0.2) is 6.20 Å². The molecule has 0 saturated heterocycles. The van der Waals surface area contributed by atoms with Gasteiger partial charge in [-0.2, -0.15) is 10.1 Å². The Morgan fingerprint density at radius 2 is 2.14 bits per heavy atom. The number of ether oxygens (including phenoxy) is 1. The summed E-state index contributed by atoms with van der Waals surface area (Å²) < 4.78 is 9.76. The zero-order valence-electron chi connectivity index (χ0n) is 15.8. The lowest BCUT2D eigenvalue weighted by Crippen LogP contribution is -2.72. The van der Waals surface area contributed by atoms with E-state index < -0.39 is 0 Å². The molecule has 11 heteroatoms. The van der Waals surface area contributed by atoms with E-state index in [1.165, 1.54) is 0 Å². The number of anilines is 2. The molecule has 0 spiro atoms. The second-order valence-corrected chi connectivity index (χ2v) is 8.71. The predicted molar refractivity (Wildman–Crippen MR) is 104 cm³/mol. The van der Waals surface area contributed by atoms with Crippen LogP contribution in [0, 0.1) is 12.3 Å². The van der Waals surface area contributed by atoms with E-state index in [1.807, 2.05) is 11.6 Å². The lowest BCUT2D eigenvalue weighted by atomic mass is 9.39. The van der Waals surface area contributed by atoms with Gasteiger partial charge in [0.05, 0.1) is 28.6 Å². The molecule has 1 amide bonds. The number of aromatic nitrogens is 6. The number of hydrogen-bond acceptors (Lipinski definition) is 7. The number of carbonyl (C=O) groups is 1. The van der Waals surface area contributed by atoms with Crippen molar-refractivity contribution in [1.82, 2.24) is 29.5 Å². The lowest BCUT2D eigenvalue weighted by molar-refractivity contribution is -0.198. The molecule has 3 saturated carbocycles. The van der Waals surface area contributed by atoms with E-state index in [0.717, 1.165) is 42.5 Å². The molecule has 3 aromatic heterocycles. The van der Waals surface area contributed by atoms with Crippen molar-refractivity contribution in [2.75, 3.05) is 11.9 Å². The molecular weight excluding hydrogens is 396 g/mol. The summed E-state index contributed by atoms with van der Waals surface area (Å²) in [5.41, 5.74) is 7.41. The first kappa shape index (κ1) is 17.0. The average molecular weight is 415 g/mol. The van der Waals surface area contributed by atoms with E-state index in [9.17, 15) is 4.79 Å². The van der Waals surface area contributed by atoms with Crippen molar-refractivity contribution >= 4 is 40.2 Å². The maximum absolute atomic E-state index is 11.7. The number of carbonyl (C=O) groups excluding carboxylic acids is 1. The van der Waals surface area contributed by atoms with Gasteiger partial charge in [0.1, 0.15) is 5.69 Å². The number of nitrogens with zero attached hydrogens (tertiary/aromatic N) is 6. The van der Waals surface area contributed by atoms with Gasteiger partial charge in [0.15, 0.2) is 10.8 Å². The van der Waals surface area contributed by atoms with Crippen molar-refractivity contribution < 1.29 is 9.53 Å². The van der Waals surface area contributed by atoms with E-state index >= 15 is 0 Å². The summed E-state index contributed by atoms with van der Waals surface area (Å²) in [5.74, 6) is 0.732. The fraction of sp³-hybridized carbons (Fsp3) is 0.500. The highest BCUT2D eigenvalue weighted by Crippen LogP contribution is 2.71. The molecule has 4 heterocycles. The number of nitrogens with two attached hydrogens (primary N) is 1. The number of rotatable bonds is 2. The number of amides is 1. The monoisotopic (exact) mass is 414 g/mol. The topological polar surface area (TPSA) is 126 Å². The van der Waals surface area contributed by atoms with Crippen molar-refractivity contribution in [3.05, 3.63) is 17.0 Å². The lowest BCUT2D eigenvalue weighted by Gasteiger charge is -2.68. The minimum atomic E-state index is -0.348. The number of fused-ring (bicyclic) bond motifs is 2. The van der Waals surface area contributed by atoms with Crippen molar-refractivity contribution in [3.63, 3.8) is 0 Å². The summed E-state index contributed by atoms with van der Waals surface area (Å²) in [6, 6.07) is 0. The van der Waals surface area contributed by atoms with Crippen LogP contribution in [0.5, 0.6) is 5.88 Å². The third-order valence-corrected chi connectivity index (χ3v) is 6.77. The average Bonchev–Trinajstić information content (AvgIpc) is 3.07. The van der Waals surface area contributed by atoms with Gasteiger partial charge in [0.25, 0.3) is 5.88 Å². The third-order valence-electron chi connectivity index (χ3n) is 6.49. The summed E-state index contributed by atoms with van der Waals surface area (Å²) in [5, 5.41) is 13.5. The molecule has 150 valence electrons. The molecule has 7 rings (SSSR count). The van der Waals surface area contributed by atoms with Crippen LogP contribution in [0.3, 0.4) is 0 Å². The highest BCUT2D eigenvalue weighted by atomic mass is 35.5. The van der Waals surface area contributed by atoms with Crippen molar-refractivity contribution in [2.45, 2.75) is 44.7 Å². The van der Waals surface area contributed by atoms with Gasteiger partial charge in [-0.3, -0.25) is 9.48 Å². The molecule has 3 aromatic rings. The molecule has 0 atom stereocenters. The number of aryl methyl sites for hydroxylation is 1. The van der Waals surface area contributed by atoms with Crippen LogP contribution < -0.4 is 15.8 Å². The van der Waals surface area contributed by atoms with Crippen LogP contribution in [0.4, 0.5) is 11.6 Å². The zero-order valence-corrected chi connectivity index (χ0v) is 16.5. The Labute approximate surface area is 170 Å². The summed E-state index contributed by atoms with van der Waals surface area (Å²) >= 11 is 6.21. The Bertz CT molecular complexity index is 1180. The first-order valence-corrected chi connectivity index (χ1v) is 9.98. The number of nitrogens with one attached hydrogen (secondary N) is 1. The van der Waals surface area contributed by atoms with Gasteiger partial charge in [-0.25, -0.2) is 9.67 Å². The van der Waals surface area contributed by atoms with Gasteiger partial charge >= 0.3 is 0 Å². The van der Waals surface area contributed by atoms with Crippen LogP contribution >= 0.6 is 11.6 Å². The summed E-state index contributed by atoms with van der Waals surface area (Å²) in [7, 11) is 0. The molecule has 4 aliphatic rings. The van der Waals surface area contributed by atoms with Gasteiger partial charge in [-0.05, 0) is 26.2 Å². The first-order chi connectivity index (χ1) is 13.9. The van der Waals surface area contributed by atoms with Crippen LogP contribution in [-0.4, -0.2) is 42.0 Å². The van der Waals surface area contributed by atoms with Gasteiger partial charge in [0, 0.05) is 19.2 Å². The van der Waals surface area contributed by atoms with Gasteiger partial charge in [0.2, 0.25) is 11.9 Å². The van der Waals surface area contributed by atoms with Crippen molar-refractivity contribution in [1.29, 1.82) is 0 Å². The number of hydrogen-bond donors (Lipinski definition) is 2. The Hall–Kier alpha value is -2.88. The fourth-order valence-electron chi connectivity index (χ4n) is 5.04. The van der Waals surface area contributed by atoms with Crippen LogP contribution in [0.2, 0.25) is 5.15 Å². The Kier molecular flexibility index (Phi) is 3.16. The Balaban J connectivity index is 1.41. The minimum absolute atomic E-state index is 0.148. The quantitative estimate of drug-likeness (QED) is 0.655. The molecule has 3 N–H and O–H groups in total. The molecular formula is C18H19ClN8O2. The zero-order chi connectivity index (χ0) is 20.0. The van der Waals surface area contributed by atoms with E-state index in [1.54, 1.807) is 10.9 Å². The normalized spacial score (nSPS) is 27.2. The summed E-state index contributed by atoms with van der Waals surface area (Å²) in [4.78, 5) is 20.7.